The standard InChI is InChI=1S/C13H13NO4S/c1-7-4-12(19-3)8(5-10(7)17-2)9-6-11(13(15)16)18-14-9/h4-6H,1-3H3,(H,15,16). The first kappa shape index (κ1) is 13.5. The smallest absolute Gasteiger partial charge is 0.374 e. The summed E-state index contributed by atoms with van der Waals surface area (Å²) in [5.74, 6) is -0.585. The van der Waals surface area contributed by atoms with Gasteiger partial charge in [-0.1, -0.05) is 5.16 Å². The molecule has 1 aromatic carbocycles. The van der Waals surface area contributed by atoms with Crippen LogP contribution in [-0.2, 0) is 0 Å². The highest BCUT2D eigenvalue weighted by Crippen LogP contribution is 2.35. The monoisotopic (exact) mass is 279 g/mol. The van der Waals surface area contributed by atoms with E-state index in [0.29, 0.717) is 5.69 Å². The molecule has 0 radical (unpaired) electrons. The number of thioether (sulfide) groups is 1. The molecule has 2 rings (SSSR count). The first-order chi connectivity index (χ1) is 9.06. The van der Waals surface area contributed by atoms with E-state index in [4.69, 9.17) is 14.4 Å². The Labute approximate surface area is 114 Å². The maximum atomic E-state index is 10.8. The molecule has 0 unspecified atom stereocenters. The summed E-state index contributed by atoms with van der Waals surface area (Å²) in [6.45, 7) is 1.95. The van der Waals surface area contributed by atoms with Crippen molar-refractivity contribution in [2.75, 3.05) is 13.4 Å². The van der Waals surface area contributed by atoms with Gasteiger partial charge < -0.3 is 14.4 Å². The number of hydrogen-bond acceptors (Lipinski definition) is 5. The van der Waals surface area contributed by atoms with Crippen LogP contribution in [-0.4, -0.2) is 29.6 Å². The first-order valence-corrected chi connectivity index (χ1v) is 6.72. The number of hydrogen-bond donors (Lipinski definition) is 1. The average Bonchev–Trinajstić information content (AvgIpc) is 2.88. The second-order valence-corrected chi connectivity index (χ2v) is 4.75. The van der Waals surface area contributed by atoms with Crippen LogP contribution in [0.4, 0.5) is 0 Å². The number of carboxylic acids is 1. The highest BCUT2D eigenvalue weighted by Gasteiger charge is 2.16. The van der Waals surface area contributed by atoms with E-state index in [2.05, 4.69) is 5.16 Å². The number of methoxy groups -OCH3 is 1. The third-order valence-corrected chi connectivity index (χ3v) is 3.49. The second-order valence-electron chi connectivity index (χ2n) is 3.90. The van der Waals surface area contributed by atoms with Gasteiger partial charge in [0.2, 0.25) is 5.76 Å². The Kier molecular flexibility index (Phi) is 3.80. The molecule has 0 saturated carbocycles. The lowest BCUT2D eigenvalue weighted by atomic mass is 10.1. The van der Waals surface area contributed by atoms with E-state index in [1.54, 1.807) is 18.9 Å². The molecule has 5 nitrogen and oxygen atoms in total. The zero-order valence-corrected chi connectivity index (χ0v) is 11.6. The van der Waals surface area contributed by atoms with Gasteiger partial charge in [-0.25, -0.2) is 4.79 Å². The van der Waals surface area contributed by atoms with Gasteiger partial charge in [-0.15, -0.1) is 11.8 Å². The minimum Gasteiger partial charge on any atom is -0.496 e. The zero-order chi connectivity index (χ0) is 14.0. The van der Waals surface area contributed by atoms with Crippen molar-refractivity contribution < 1.29 is 19.2 Å². The van der Waals surface area contributed by atoms with E-state index in [0.717, 1.165) is 21.8 Å². The lowest BCUT2D eigenvalue weighted by Gasteiger charge is -2.10. The van der Waals surface area contributed by atoms with Gasteiger partial charge in [-0.05, 0) is 30.9 Å². The molecule has 1 aromatic heterocycles. The number of rotatable bonds is 4. The molecule has 0 aliphatic carbocycles. The molecule has 0 fully saturated rings. The number of ether oxygens (including phenoxy) is 1. The van der Waals surface area contributed by atoms with Crippen LogP contribution in [0, 0.1) is 6.92 Å². The molecule has 0 aliphatic rings. The molecule has 1 heterocycles. The minimum atomic E-state index is -1.14. The first-order valence-electron chi connectivity index (χ1n) is 5.49. The summed E-state index contributed by atoms with van der Waals surface area (Å²) in [6.07, 6.45) is 1.95. The summed E-state index contributed by atoms with van der Waals surface area (Å²) in [4.78, 5) is 11.8. The predicted octanol–water partition coefficient (Wildman–Crippen LogP) is 3.08. The fraction of sp³-hybridized carbons (Fsp3) is 0.231. The van der Waals surface area contributed by atoms with Gasteiger partial charge >= 0.3 is 5.97 Å². The number of aryl methyl sites for hydroxylation is 1. The molecule has 0 spiro atoms. The molecule has 2 aromatic rings. The number of carboxylic acid groups (broad SMARTS) is 1. The summed E-state index contributed by atoms with van der Waals surface area (Å²) in [5, 5.41) is 12.6. The minimum absolute atomic E-state index is 0.179. The molecule has 19 heavy (non-hydrogen) atoms. The van der Waals surface area contributed by atoms with Crippen molar-refractivity contribution in [3.63, 3.8) is 0 Å². The van der Waals surface area contributed by atoms with Crippen LogP contribution in [0.15, 0.2) is 27.6 Å². The third kappa shape index (κ3) is 2.58. The topological polar surface area (TPSA) is 72.6 Å². The van der Waals surface area contributed by atoms with Crippen LogP contribution in [0.5, 0.6) is 5.75 Å². The Morgan fingerprint density at radius 3 is 2.68 bits per heavy atom. The molecule has 0 bridgehead atoms. The maximum Gasteiger partial charge on any atom is 0.374 e. The third-order valence-electron chi connectivity index (χ3n) is 2.71. The molecule has 0 atom stereocenters. The summed E-state index contributed by atoms with van der Waals surface area (Å²) in [5.41, 5.74) is 2.30. The van der Waals surface area contributed by atoms with Gasteiger partial charge in [-0.2, -0.15) is 0 Å². The lowest BCUT2D eigenvalue weighted by molar-refractivity contribution is 0.0652. The molecule has 0 aliphatic heterocycles. The highest BCUT2D eigenvalue weighted by atomic mass is 32.2. The number of carbonyl (C=O) groups is 1. The van der Waals surface area contributed by atoms with Crippen LogP contribution in [0.25, 0.3) is 11.3 Å². The van der Waals surface area contributed by atoms with Crippen LogP contribution in [0.3, 0.4) is 0 Å². The fourth-order valence-corrected chi connectivity index (χ4v) is 2.43. The normalized spacial score (nSPS) is 10.5. The predicted molar refractivity (Wildman–Crippen MR) is 72.0 cm³/mol. The average molecular weight is 279 g/mol. The molecule has 0 saturated heterocycles. The van der Waals surface area contributed by atoms with Gasteiger partial charge in [0.1, 0.15) is 11.4 Å². The van der Waals surface area contributed by atoms with E-state index < -0.39 is 5.97 Å². The second kappa shape index (κ2) is 5.36. The Bertz CT molecular complexity index is 621. The number of nitrogens with zero attached hydrogens (tertiary/aromatic N) is 1. The molecule has 100 valence electrons. The Morgan fingerprint density at radius 1 is 1.42 bits per heavy atom. The van der Waals surface area contributed by atoms with Crippen molar-refractivity contribution in [3.05, 3.63) is 29.5 Å². The molecular formula is C13H13NO4S. The van der Waals surface area contributed by atoms with Crippen LogP contribution in [0.1, 0.15) is 16.1 Å². The van der Waals surface area contributed by atoms with Gasteiger partial charge in [-0.3, -0.25) is 0 Å². The largest absolute Gasteiger partial charge is 0.496 e. The van der Waals surface area contributed by atoms with E-state index in [1.165, 1.54) is 6.07 Å². The van der Waals surface area contributed by atoms with Crippen molar-refractivity contribution in [2.24, 2.45) is 0 Å². The molecule has 6 heteroatoms. The highest BCUT2D eigenvalue weighted by molar-refractivity contribution is 7.98. The Hall–Kier alpha value is -1.95. The van der Waals surface area contributed by atoms with Gasteiger partial charge in [0.15, 0.2) is 0 Å². The van der Waals surface area contributed by atoms with Crippen LogP contribution in [0.2, 0.25) is 0 Å². The zero-order valence-electron chi connectivity index (χ0n) is 10.8. The van der Waals surface area contributed by atoms with Gasteiger partial charge in [0.25, 0.3) is 0 Å². The van der Waals surface area contributed by atoms with E-state index in [-0.39, 0.29) is 5.76 Å². The summed E-state index contributed by atoms with van der Waals surface area (Å²) in [7, 11) is 1.59. The van der Waals surface area contributed by atoms with Crippen molar-refractivity contribution in [1.29, 1.82) is 0 Å². The number of aromatic carboxylic acids is 1. The fourth-order valence-electron chi connectivity index (χ4n) is 1.75. The van der Waals surface area contributed by atoms with E-state index in [9.17, 15) is 4.79 Å². The van der Waals surface area contributed by atoms with Crippen LogP contribution >= 0.6 is 11.8 Å². The summed E-state index contributed by atoms with van der Waals surface area (Å²) < 4.78 is 10.1. The molecular weight excluding hydrogens is 266 g/mol. The SMILES string of the molecule is COc1cc(-c2cc(C(=O)O)on2)c(SC)cc1C. The lowest BCUT2D eigenvalue weighted by Crippen LogP contribution is -1.92. The van der Waals surface area contributed by atoms with E-state index in [1.807, 2.05) is 25.3 Å². The Balaban J connectivity index is 2.55. The van der Waals surface area contributed by atoms with E-state index >= 15 is 0 Å². The molecule has 0 amide bonds. The van der Waals surface area contributed by atoms with Crippen molar-refractivity contribution in [3.8, 4) is 17.0 Å². The number of aromatic nitrogens is 1. The van der Waals surface area contributed by atoms with Crippen molar-refractivity contribution in [1.82, 2.24) is 5.16 Å². The van der Waals surface area contributed by atoms with Crippen molar-refractivity contribution >= 4 is 17.7 Å². The maximum absolute atomic E-state index is 10.8. The summed E-state index contributed by atoms with van der Waals surface area (Å²) in [6, 6.07) is 5.23. The van der Waals surface area contributed by atoms with Gasteiger partial charge in [0.05, 0.1) is 7.11 Å². The molecule has 1 N–H and O–H groups in total. The van der Waals surface area contributed by atoms with Crippen LogP contribution < -0.4 is 4.74 Å². The number of benzene rings is 1. The van der Waals surface area contributed by atoms with Gasteiger partial charge in [0, 0.05) is 16.5 Å². The quantitative estimate of drug-likeness (QED) is 0.867. The Morgan fingerprint density at radius 2 is 2.16 bits per heavy atom. The van der Waals surface area contributed by atoms with Crippen molar-refractivity contribution in [2.45, 2.75) is 11.8 Å². The summed E-state index contributed by atoms with van der Waals surface area (Å²) >= 11 is 1.56.